The first-order valence-electron chi connectivity index (χ1n) is 16.3. The molecule has 2 bridgehead atoms. The van der Waals surface area contributed by atoms with Crippen LogP contribution in [0.25, 0.3) is 0 Å². The number of ether oxygens (including phenoxy) is 3. The molecule has 0 spiro atoms. The smallest absolute Gasteiger partial charge is 0.340 e. The first-order valence-corrected chi connectivity index (χ1v) is 17.9. The fraction of sp³-hybridized carbons (Fsp3) is 0.788. The molecule has 0 radical (unpaired) electrons. The maximum atomic E-state index is 13.9. The fourth-order valence-corrected chi connectivity index (χ4v) is 10.1. The number of carbonyl (C=O) groups is 1. The lowest BCUT2D eigenvalue weighted by Gasteiger charge is -2.58. The largest absolute Gasteiger partial charge is 0.455 e. The van der Waals surface area contributed by atoms with Crippen LogP contribution in [0.1, 0.15) is 90.4 Å². The molecule has 0 amide bonds. The van der Waals surface area contributed by atoms with E-state index in [2.05, 4.69) is 32.4 Å². The Kier molecular flexibility index (Phi) is 10.0. The Bertz CT molecular complexity index is 1310. The molecule has 0 saturated heterocycles. The summed E-state index contributed by atoms with van der Waals surface area (Å²) in [5, 5.41) is 24.5. The number of methoxy groups -OCH3 is 2. The van der Waals surface area contributed by atoms with Gasteiger partial charge in [0.1, 0.15) is 11.2 Å². The highest BCUT2D eigenvalue weighted by atomic mass is 32.2. The number of fused-ring (bicyclic) bond motifs is 2. The highest BCUT2D eigenvalue weighted by Gasteiger charge is 2.69. The zero-order chi connectivity index (χ0) is 32.9. The van der Waals surface area contributed by atoms with E-state index < -0.39 is 38.8 Å². The van der Waals surface area contributed by atoms with Crippen molar-refractivity contribution in [2.45, 2.75) is 116 Å². The van der Waals surface area contributed by atoms with Crippen LogP contribution in [0, 0.1) is 35.0 Å². The number of aliphatic hydroxyl groups is 2. The van der Waals surface area contributed by atoms with Crippen molar-refractivity contribution in [3.63, 3.8) is 0 Å². The van der Waals surface area contributed by atoms with Gasteiger partial charge in [0, 0.05) is 32.5 Å². The van der Waals surface area contributed by atoms with Crippen molar-refractivity contribution in [3.8, 4) is 0 Å². The molecular formula is C33H54BNO8S. The molecule has 3 aliphatic carbocycles. The lowest BCUT2D eigenvalue weighted by molar-refractivity contribution is -0.261. The molecule has 10 atom stereocenters. The predicted octanol–water partition coefficient (Wildman–Crippen LogP) is 4.78. The van der Waals surface area contributed by atoms with Crippen molar-refractivity contribution in [2.75, 3.05) is 18.9 Å². The second-order valence-electron chi connectivity index (χ2n) is 14.6. The summed E-state index contributed by atoms with van der Waals surface area (Å²) in [5.74, 6) is -0.337. The Labute approximate surface area is 265 Å². The minimum absolute atomic E-state index is 0.00171. The van der Waals surface area contributed by atoms with E-state index in [0.717, 1.165) is 6.42 Å². The van der Waals surface area contributed by atoms with E-state index in [9.17, 15) is 23.4 Å². The van der Waals surface area contributed by atoms with Gasteiger partial charge in [0.05, 0.1) is 29.1 Å². The van der Waals surface area contributed by atoms with E-state index in [0.29, 0.717) is 37.5 Å². The van der Waals surface area contributed by atoms with Crippen LogP contribution in [-0.4, -0.2) is 74.4 Å². The zero-order valence-corrected chi connectivity index (χ0v) is 28.9. The summed E-state index contributed by atoms with van der Waals surface area (Å²) < 4.78 is 45.5. The summed E-state index contributed by atoms with van der Waals surface area (Å²) in [7, 11) is -0.374. The lowest BCUT2D eigenvalue weighted by atomic mass is 9.51. The third kappa shape index (κ3) is 5.85. The number of carbonyl (C=O) groups excluding carboxylic acids is 1. The van der Waals surface area contributed by atoms with E-state index >= 15 is 0 Å². The highest BCUT2D eigenvalue weighted by Crippen LogP contribution is 2.60. The SMILES string of the molecule is CBS(=O)(=O)Nc1ccccc1C(=O)O[C@]1(C)C[C@H](CC)[C@H](C)C(C)(C)C1CC[C@@]1(O)C[C@H](OC)C2CC(C)[C@]1(O)[C@H]2OC. The van der Waals surface area contributed by atoms with Crippen LogP contribution in [0.15, 0.2) is 24.3 Å². The average molecular weight is 636 g/mol. The van der Waals surface area contributed by atoms with Crippen LogP contribution >= 0.6 is 0 Å². The molecule has 0 aromatic heterocycles. The van der Waals surface area contributed by atoms with E-state index in [1.165, 1.54) is 6.82 Å². The summed E-state index contributed by atoms with van der Waals surface area (Å²) in [6.45, 7) is 14.2. The number of anilines is 1. The predicted molar refractivity (Wildman–Crippen MR) is 173 cm³/mol. The van der Waals surface area contributed by atoms with Gasteiger partial charge in [-0.3, -0.25) is 4.72 Å². The van der Waals surface area contributed by atoms with E-state index in [1.807, 2.05) is 13.8 Å². The summed E-state index contributed by atoms with van der Waals surface area (Å²) in [5.41, 5.74) is -3.74. The third-order valence-corrected chi connectivity index (χ3v) is 13.5. The molecule has 1 aromatic carbocycles. The molecule has 0 aliphatic heterocycles. The van der Waals surface area contributed by atoms with E-state index in [1.54, 1.807) is 38.5 Å². The second-order valence-corrected chi connectivity index (χ2v) is 16.6. The molecule has 9 nitrogen and oxygen atoms in total. The van der Waals surface area contributed by atoms with E-state index in [-0.39, 0.29) is 53.5 Å². The minimum atomic E-state index is -3.61. The zero-order valence-electron chi connectivity index (χ0n) is 28.1. The molecule has 1 aromatic rings. The molecule has 3 aliphatic rings. The topological polar surface area (TPSA) is 131 Å². The van der Waals surface area contributed by atoms with Gasteiger partial charge in [-0.1, -0.05) is 60.0 Å². The molecule has 0 heterocycles. The summed E-state index contributed by atoms with van der Waals surface area (Å²) >= 11 is 0. The van der Waals surface area contributed by atoms with Crippen LogP contribution in [0.5, 0.6) is 0 Å². The van der Waals surface area contributed by atoms with Crippen molar-refractivity contribution in [1.82, 2.24) is 0 Å². The first kappa shape index (κ1) is 35.2. The van der Waals surface area contributed by atoms with Crippen LogP contribution in [-0.2, 0) is 24.1 Å². The highest BCUT2D eigenvalue weighted by molar-refractivity contribution is 8.16. The second kappa shape index (κ2) is 12.5. The molecule has 44 heavy (non-hydrogen) atoms. The van der Waals surface area contributed by atoms with Gasteiger partial charge in [-0.2, -0.15) is 0 Å². The fourth-order valence-electron chi connectivity index (χ4n) is 9.43. The number of rotatable bonds is 11. The Morgan fingerprint density at radius 3 is 2.34 bits per heavy atom. The van der Waals surface area contributed by atoms with Gasteiger partial charge < -0.3 is 24.4 Å². The number of hydrogen-bond donors (Lipinski definition) is 3. The number of nitrogens with one attached hydrogen (secondary N) is 1. The summed E-state index contributed by atoms with van der Waals surface area (Å²) in [4.78, 5) is 13.9. The normalized spacial score (nSPS) is 39.9. The number of hydrogen-bond acceptors (Lipinski definition) is 8. The Hall–Kier alpha value is -1.66. The molecular weight excluding hydrogens is 581 g/mol. The monoisotopic (exact) mass is 635 g/mol. The number of para-hydroxylation sites is 1. The van der Waals surface area contributed by atoms with Crippen molar-refractivity contribution in [2.24, 2.45) is 35.0 Å². The minimum Gasteiger partial charge on any atom is -0.455 e. The first-order chi connectivity index (χ1) is 20.4. The lowest BCUT2D eigenvalue weighted by Crippen LogP contribution is -2.68. The average Bonchev–Trinajstić information content (AvgIpc) is 3.19. The molecule has 4 rings (SSSR count). The van der Waals surface area contributed by atoms with Crippen LogP contribution in [0.4, 0.5) is 5.69 Å². The van der Waals surface area contributed by atoms with Crippen molar-refractivity contribution in [3.05, 3.63) is 29.8 Å². The summed E-state index contributed by atoms with van der Waals surface area (Å²) in [6, 6.07) is 6.52. The number of esters is 1. The molecule has 3 fully saturated rings. The molecule has 248 valence electrons. The van der Waals surface area contributed by atoms with Crippen LogP contribution in [0.2, 0.25) is 6.82 Å². The van der Waals surface area contributed by atoms with Crippen molar-refractivity contribution < 1.29 is 37.6 Å². The Morgan fingerprint density at radius 1 is 1.09 bits per heavy atom. The maximum absolute atomic E-state index is 13.9. The van der Waals surface area contributed by atoms with Gasteiger partial charge in [0.15, 0.2) is 9.87 Å². The quantitative estimate of drug-likeness (QED) is 0.234. The van der Waals surface area contributed by atoms with Crippen LogP contribution in [0.3, 0.4) is 0 Å². The van der Waals surface area contributed by atoms with Gasteiger partial charge in [0.25, 0.3) is 6.56 Å². The van der Waals surface area contributed by atoms with E-state index in [4.69, 9.17) is 14.2 Å². The Morgan fingerprint density at radius 2 is 1.75 bits per heavy atom. The van der Waals surface area contributed by atoms with Crippen molar-refractivity contribution in [1.29, 1.82) is 0 Å². The summed E-state index contributed by atoms with van der Waals surface area (Å²) in [6.07, 6.45) is 2.57. The standard InChI is InChI=1S/C33H54BNO8S/c1-10-22-18-31(6,43-29(36)23-13-11-12-14-25(23)35-44(39,40)34-7)27(30(4,5)21(22)3)15-16-32(37)19-26(41-8)24-17-20(2)33(32,38)28(24)42-9/h11-14,20-22,24,26-28,34-35,37-38H,10,15-19H2,1-9H3/t20?,21-,22-,24?,26-,27?,28-,31+,32+,33-/m0/s1. The molecule has 3 N–H and O–H groups in total. The third-order valence-electron chi connectivity index (χ3n) is 12.2. The van der Waals surface area contributed by atoms with Gasteiger partial charge in [0.2, 0.25) is 0 Å². The van der Waals surface area contributed by atoms with Crippen LogP contribution < -0.4 is 4.72 Å². The van der Waals surface area contributed by atoms with Gasteiger partial charge in [-0.05, 0) is 67.9 Å². The maximum Gasteiger partial charge on any atom is 0.340 e. The van der Waals surface area contributed by atoms with Gasteiger partial charge >= 0.3 is 5.97 Å². The molecule has 3 unspecified atom stereocenters. The molecule has 3 saturated carbocycles. The van der Waals surface area contributed by atoms with Gasteiger partial charge in [-0.25, -0.2) is 13.2 Å². The van der Waals surface area contributed by atoms with Gasteiger partial charge in [-0.15, -0.1) is 0 Å². The van der Waals surface area contributed by atoms with Crippen molar-refractivity contribution >= 4 is 28.1 Å². The number of benzene rings is 1. The Balaban J connectivity index is 1.69. The molecule has 11 heteroatoms.